The quantitative estimate of drug-likeness (QED) is 0.734. The minimum Gasteiger partial charge on any atom is -0.375 e. The maximum atomic E-state index is 12.9. The molecule has 0 atom stereocenters. The molecule has 3 aromatic heterocycles. The van der Waals surface area contributed by atoms with Crippen LogP contribution in [0.4, 0.5) is 18.3 Å². The Morgan fingerprint density at radius 3 is 2.83 bits per heavy atom. The Balaban J connectivity index is 1.73. The highest BCUT2D eigenvalue weighted by atomic mass is 32.1. The van der Waals surface area contributed by atoms with Crippen LogP contribution in [-0.2, 0) is 19.6 Å². The van der Waals surface area contributed by atoms with Crippen molar-refractivity contribution in [2.75, 3.05) is 12.3 Å². The molecule has 1 amide bonds. The van der Waals surface area contributed by atoms with E-state index in [1.165, 1.54) is 24.5 Å². The Bertz CT molecular complexity index is 895. The predicted octanol–water partition coefficient (Wildman–Crippen LogP) is 2.66. The fraction of sp³-hybridized carbons (Fsp3) is 0.308. The number of hydrogen-bond acceptors (Lipinski definition) is 6. The number of nitrogens with two attached hydrogens (primary N) is 1. The minimum atomic E-state index is -4.56. The number of carbonyl (C=O) groups is 1. The smallest absolute Gasteiger partial charge is 0.375 e. The molecule has 0 aliphatic rings. The number of thiazole rings is 1. The molecule has 3 aromatic rings. The molecule has 11 heteroatoms. The third kappa shape index (κ3) is 3.22. The summed E-state index contributed by atoms with van der Waals surface area (Å²) in [5, 5.41) is 8.33. The van der Waals surface area contributed by atoms with E-state index in [1.54, 1.807) is 5.38 Å². The van der Waals surface area contributed by atoms with Crippen molar-refractivity contribution in [1.29, 1.82) is 0 Å². The molecule has 0 aliphatic heterocycles. The van der Waals surface area contributed by atoms with E-state index < -0.39 is 17.8 Å². The van der Waals surface area contributed by atoms with Gasteiger partial charge in [0.15, 0.2) is 10.8 Å². The lowest BCUT2D eigenvalue weighted by molar-refractivity contribution is -0.140. The Hall–Kier alpha value is -2.14. The number of nitrogen functional groups attached to an aromatic ring is 1. The molecule has 3 N–H and O–H groups in total. The summed E-state index contributed by atoms with van der Waals surface area (Å²) in [6.07, 6.45) is -4.06. The van der Waals surface area contributed by atoms with Gasteiger partial charge in [0, 0.05) is 30.8 Å². The zero-order valence-electron chi connectivity index (χ0n) is 12.3. The zero-order chi connectivity index (χ0) is 17.5. The largest absolute Gasteiger partial charge is 0.435 e. The standard InChI is InChI=1S/C13H12F3N5OS2/c1-21-11-7(9(20-21)13(14,15)16)4-8(24-11)10(22)18-3-2-6-5-23-12(17)19-6/h4-5H,2-3H2,1H3,(H2,17,19)(H,18,22). The summed E-state index contributed by atoms with van der Waals surface area (Å²) in [4.78, 5) is 16.7. The minimum absolute atomic E-state index is 0.0626. The van der Waals surface area contributed by atoms with Gasteiger partial charge in [-0.3, -0.25) is 9.48 Å². The second kappa shape index (κ2) is 6.06. The zero-order valence-corrected chi connectivity index (χ0v) is 14.0. The molecule has 128 valence electrons. The second-order valence-corrected chi connectivity index (χ2v) is 6.90. The lowest BCUT2D eigenvalue weighted by Gasteiger charge is -2.02. The number of rotatable bonds is 4. The molecule has 0 saturated carbocycles. The summed E-state index contributed by atoms with van der Waals surface area (Å²) >= 11 is 2.28. The van der Waals surface area contributed by atoms with Gasteiger partial charge in [-0.05, 0) is 6.07 Å². The third-order valence-corrected chi connectivity index (χ3v) is 5.16. The molecular formula is C13H12F3N5OS2. The van der Waals surface area contributed by atoms with Gasteiger partial charge in [0.25, 0.3) is 5.91 Å². The van der Waals surface area contributed by atoms with Crippen LogP contribution in [0.5, 0.6) is 0 Å². The average molecular weight is 375 g/mol. The number of nitrogens with zero attached hydrogens (tertiary/aromatic N) is 3. The Labute approximate surface area is 142 Å². The number of halogens is 3. The van der Waals surface area contributed by atoms with Crippen molar-refractivity contribution < 1.29 is 18.0 Å². The normalized spacial score (nSPS) is 12.0. The second-order valence-electron chi connectivity index (χ2n) is 4.98. The highest BCUT2D eigenvalue weighted by molar-refractivity contribution is 7.20. The van der Waals surface area contributed by atoms with Crippen molar-refractivity contribution >= 4 is 43.9 Å². The number of thiophene rings is 1. The lowest BCUT2D eigenvalue weighted by atomic mass is 10.2. The lowest BCUT2D eigenvalue weighted by Crippen LogP contribution is -2.25. The number of aryl methyl sites for hydroxylation is 1. The summed E-state index contributed by atoms with van der Waals surface area (Å²) in [6, 6.07) is 1.23. The summed E-state index contributed by atoms with van der Waals surface area (Å²) in [6.45, 7) is 0.320. The van der Waals surface area contributed by atoms with E-state index in [-0.39, 0.29) is 10.3 Å². The van der Waals surface area contributed by atoms with E-state index in [0.29, 0.717) is 22.9 Å². The molecule has 24 heavy (non-hydrogen) atoms. The molecule has 0 bridgehead atoms. The fourth-order valence-electron chi connectivity index (χ4n) is 2.19. The molecule has 3 rings (SSSR count). The molecule has 6 nitrogen and oxygen atoms in total. The number of anilines is 1. The highest BCUT2D eigenvalue weighted by Crippen LogP contribution is 2.37. The first kappa shape index (κ1) is 16.7. The van der Waals surface area contributed by atoms with Crippen molar-refractivity contribution in [3.63, 3.8) is 0 Å². The van der Waals surface area contributed by atoms with Crippen molar-refractivity contribution in [3.8, 4) is 0 Å². The van der Waals surface area contributed by atoms with Gasteiger partial charge in [0.1, 0.15) is 4.83 Å². The number of fused-ring (bicyclic) bond motifs is 1. The summed E-state index contributed by atoms with van der Waals surface area (Å²) in [5.74, 6) is -0.424. The Kier molecular flexibility index (Phi) is 4.22. The van der Waals surface area contributed by atoms with E-state index in [9.17, 15) is 18.0 Å². The summed E-state index contributed by atoms with van der Waals surface area (Å²) in [5.41, 5.74) is 5.30. The summed E-state index contributed by atoms with van der Waals surface area (Å²) in [7, 11) is 1.42. The first-order valence-corrected chi connectivity index (χ1v) is 8.47. The topological polar surface area (TPSA) is 85.8 Å². The van der Waals surface area contributed by atoms with Gasteiger partial charge >= 0.3 is 6.18 Å². The van der Waals surface area contributed by atoms with E-state index in [1.807, 2.05) is 0 Å². The number of aromatic nitrogens is 3. The first-order chi connectivity index (χ1) is 11.3. The van der Waals surface area contributed by atoms with Crippen molar-refractivity contribution in [2.24, 2.45) is 7.05 Å². The predicted molar refractivity (Wildman–Crippen MR) is 86.2 cm³/mol. The monoisotopic (exact) mass is 375 g/mol. The van der Waals surface area contributed by atoms with Gasteiger partial charge in [-0.15, -0.1) is 22.7 Å². The molecular weight excluding hydrogens is 363 g/mol. The van der Waals surface area contributed by atoms with E-state index >= 15 is 0 Å². The molecule has 0 radical (unpaired) electrons. The maximum absolute atomic E-state index is 12.9. The third-order valence-electron chi connectivity index (χ3n) is 3.24. The van der Waals surface area contributed by atoms with Crippen LogP contribution in [0.3, 0.4) is 0 Å². The SMILES string of the molecule is Cn1nc(C(F)(F)F)c2cc(C(=O)NCCc3csc(N)n3)sc21. The molecule has 3 heterocycles. The van der Waals surface area contributed by atoms with Crippen LogP contribution < -0.4 is 11.1 Å². The molecule has 0 aromatic carbocycles. The van der Waals surface area contributed by atoms with Gasteiger partial charge in [0.2, 0.25) is 0 Å². The first-order valence-electron chi connectivity index (χ1n) is 6.77. The molecule has 0 fully saturated rings. The van der Waals surface area contributed by atoms with Crippen molar-refractivity contribution in [2.45, 2.75) is 12.6 Å². The molecule has 0 unspecified atom stereocenters. The van der Waals surface area contributed by atoms with Crippen LogP contribution >= 0.6 is 22.7 Å². The molecule has 0 spiro atoms. The van der Waals surface area contributed by atoms with Gasteiger partial charge in [-0.1, -0.05) is 0 Å². The number of amides is 1. The van der Waals surface area contributed by atoms with E-state index in [2.05, 4.69) is 15.4 Å². The van der Waals surface area contributed by atoms with Crippen LogP contribution in [0.1, 0.15) is 21.1 Å². The van der Waals surface area contributed by atoms with Crippen LogP contribution in [0.25, 0.3) is 10.2 Å². The highest BCUT2D eigenvalue weighted by Gasteiger charge is 2.37. The van der Waals surface area contributed by atoms with Crippen molar-refractivity contribution in [3.05, 3.63) is 27.7 Å². The Morgan fingerprint density at radius 1 is 1.46 bits per heavy atom. The number of alkyl halides is 3. The Morgan fingerprint density at radius 2 is 2.21 bits per heavy atom. The van der Waals surface area contributed by atoms with Gasteiger partial charge < -0.3 is 11.1 Å². The van der Waals surface area contributed by atoms with Crippen LogP contribution in [0, 0.1) is 0 Å². The summed E-state index contributed by atoms with van der Waals surface area (Å²) < 4.78 is 40.0. The number of nitrogens with one attached hydrogen (secondary N) is 1. The van der Waals surface area contributed by atoms with Gasteiger partial charge in [-0.2, -0.15) is 18.3 Å². The van der Waals surface area contributed by atoms with E-state index in [4.69, 9.17) is 5.73 Å². The molecule has 0 saturated heterocycles. The van der Waals surface area contributed by atoms with Crippen LogP contribution in [0.2, 0.25) is 0 Å². The fourth-order valence-corrected chi connectivity index (χ4v) is 3.78. The van der Waals surface area contributed by atoms with Crippen LogP contribution in [0.15, 0.2) is 11.4 Å². The van der Waals surface area contributed by atoms with Crippen molar-refractivity contribution in [1.82, 2.24) is 20.1 Å². The maximum Gasteiger partial charge on any atom is 0.435 e. The van der Waals surface area contributed by atoms with Crippen LogP contribution in [-0.4, -0.2) is 27.2 Å². The number of carbonyl (C=O) groups excluding carboxylic acids is 1. The molecule has 0 aliphatic carbocycles. The van der Waals surface area contributed by atoms with Gasteiger partial charge in [0.05, 0.1) is 10.6 Å². The van der Waals surface area contributed by atoms with Gasteiger partial charge in [-0.25, -0.2) is 4.98 Å². The average Bonchev–Trinajstić information content (AvgIpc) is 3.15. The number of hydrogen-bond donors (Lipinski definition) is 2. The van der Waals surface area contributed by atoms with E-state index in [0.717, 1.165) is 21.7 Å².